The van der Waals surface area contributed by atoms with Crippen LogP contribution in [0.4, 0.5) is 5.82 Å². The number of nitrogens with one attached hydrogen (secondary N) is 1. The Hall–Kier alpha value is -6.69. The molecule has 3 aliphatic heterocycles. The van der Waals surface area contributed by atoms with Gasteiger partial charge in [0.1, 0.15) is 30.1 Å². The van der Waals surface area contributed by atoms with Crippen molar-refractivity contribution in [2.24, 2.45) is 23.7 Å². The Kier molecular flexibility index (Phi) is 13.6. The molecular weight excluding hydrogens is 979 g/mol. The first-order chi connectivity index (χ1) is 36.8. The molecule has 3 N–H and O–H groups in total. The lowest BCUT2D eigenvalue weighted by Gasteiger charge is -2.34. The molecule has 3 unspecified atom stereocenters. The van der Waals surface area contributed by atoms with Crippen molar-refractivity contribution >= 4 is 50.6 Å². The Labute approximate surface area is 446 Å². The number of aliphatic hydroxyl groups is 1. The molecule has 12 rings (SSSR count). The molecule has 4 fully saturated rings. The van der Waals surface area contributed by atoms with Crippen molar-refractivity contribution in [1.29, 1.82) is 0 Å². The van der Waals surface area contributed by atoms with Crippen LogP contribution in [0.15, 0.2) is 76.9 Å². The molecule has 2 aliphatic carbocycles. The fourth-order valence-electron chi connectivity index (χ4n) is 13.0. The number of hydrogen-bond acceptors (Lipinski definition) is 15. The third-order valence-electron chi connectivity index (χ3n) is 17.0. The number of aryl methyl sites for hydroxylation is 1. The van der Waals surface area contributed by atoms with Crippen molar-refractivity contribution in [2.75, 3.05) is 57.4 Å². The highest BCUT2D eigenvalue weighted by molar-refractivity contribution is 7.13. The van der Waals surface area contributed by atoms with Gasteiger partial charge in [-0.15, -0.1) is 11.3 Å². The summed E-state index contributed by atoms with van der Waals surface area (Å²) in [6, 6.07) is 18.9. The molecule has 1 saturated carbocycles. The number of phenols is 1. The summed E-state index contributed by atoms with van der Waals surface area (Å²) >= 11 is 1.59. The number of ether oxygens (including phenoxy) is 2. The van der Waals surface area contributed by atoms with E-state index in [2.05, 4.69) is 50.4 Å². The van der Waals surface area contributed by atoms with Crippen LogP contribution < -0.4 is 19.7 Å². The van der Waals surface area contributed by atoms with Crippen molar-refractivity contribution in [3.63, 3.8) is 0 Å². The molecule has 7 heterocycles. The Balaban J connectivity index is 0.663. The summed E-state index contributed by atoms with van der Waals surface area (Å²) in [4.78, 5) is 55.4. The molecule has 17 heteroatoms. The minimum absolute atomic E-state index is 0.0214. The van der Waals surface area contributed by atoms with E-state index in [-0.39, 0.29) is 48.4 Å². The van der Waals surface area contributed by atoms with Gasteiger partial charge in [0.2, 0.25) is 11.8 Å². The van der Waals surface area contributed by atoms with Crippen LogP contribution in [0, 0.1) is 30.6 Å². The van der Waals surface area contributed by atoms with Crippen molar-refractivity contribution in [3.05, 3.63) is 101 Å². The van der Waals surface area contributed by atoms with Gasteiger partial charge in [-0.1, -0.05) is 63.2 Å². The molecule has 396 valence electrons. The van der Waals surface area contributed by atoms with E-state index in [9.17, 15) is 19.8 Å². The maximum Gasteiger partial charge on any atom is 0.319 e. The smallest absolute Gasteiger partial charge is 0.319 e. The van der Waals surface area contributed by atoms with Crippen LogP contribution >= 0.6 is 11.3 Å². The first-order valence-corrected chi connectivity index (χ1v) is 28.2. The number of hydrogen-bond donors (Lipinski definition) is 3. The number of fused-ring (bicyclic) bond motifs is 6. The van der Waals surface area contributed by atoms with E-state index in [1.165, 1.54) is 29.7 Å². The molecule has 5 aliphatic rings. The second-order valence-electron chi connectivity index (χ2n) is 22.5. The second-order valence-corrected chi connectivity index (χ2v) is 23.3. The Morgan fingerprint density at radius 3 is 2.47 bits per heavy atom. The van der Waals surface area contributed by atoms with Gasteiger partial charge in [0.05, 0.1) is 51.4 Å². The summed E-state index contributed by atoms with van der Waals surface area (Å²) in [5.41, 5.74) is 9.69. The van der Waals surface area contributed by atoms with Gasteiger partial charge >= 0.3 is 6.01 Å². The lowest BCUT2D eigenvalue weighted by atomic mass is 9.79. The number of rotatable bonds is 15. The van der Waals surface area contributed by atoms with Crippen LogP contribution in [0.3, 0.4) is 0 Å². The molecule has 76 heavy (non-hydrogen) atoms. The first kappa shape index (κ1) is 50.1. The molecular formula is C59H67N9O7S. The molecule has 4 aromatic heterocycles. The number of nitrogens with zero attached hydrogens (tertiary/aromatic N) is 8. The van der Waals surface area contributed by atoms with Crippen LogP contribution in [0.2, 0.25) is 0 Å². The van der Waals surface area contributed by atoms with E-state index in [0.717, 1.165) is 112 Å². The van der Waals surface area contributed by atoms with Gasteiger partial charge in [0.15, 0.2) is 5.76 Å². The third-order valence-corrected chi connectivity index (χ3v) is 18.0. The summed E-state index contributed by atoms with van der Waals surface area (Å²) < 4.78 is 18.5. The SMILES string of the molecule is Cc1ncsc1-c1ccc([C@H](C)NC(=O)[C@@H]2C[C@@H](O)CN2C(=O)[C@@H](c2cc(OCC3CCN(CCOc4nc(N5CC6CCC(C6)C5)c5cnc6c(c5n4)C(C)c4cccc5cc(O)cc-6c45)CC3)no2)C(C)C)cc1. The minimum Gasteiger partial charge on any atom is -0.508 e. The second kappa shape index (κ2) is 20.7. The van der Waals surface area contributed by atoms with Crippen LogP contribution in [0.25, 0.3) is 43.4 Å². The molecule has 2 amide bonds. The number of piperidine rings is 2. The van der Waals surface area contributed by atoms with E-state index < -0.39 is 18.1 Å². The number of aliphatic hydroxyl groups excluding tert-OH is 1. The number of anilines is 1. The van der Waals surface area contributed by atoms with Crippen LogP contribution in [0.5, 0.6) is 17.6 Å². The van der Waals surface area contributed by atoms with Crippen molar-refractivity contribution in [2.45, 2.75) is 103 Å². The Morgan fingerprint density at radius 2 is 1.72 bits per heavy atom. The molecule has 3 saturated heterocycles. The highest BCUT2D eigenvalue weighted by Crippen LogP contribution is 2.49. The van der Waals surface area contributed by atoms with E-state index in [0.29, 0.717) is 48.6 Å². The average Bonchev–Trinajstić information content (AvgIpc) is 4.36. The maximum absolute atomic E-state index is 14.3. The predicted molar refractivity (Wildman–Crippen MR) is 292 cm³/mol. The zero-order valence-corrected chi connectivity index (χ0v) is 44.8. The van der Waals surface area contributed by atoms with E-state index >= 15 is 0 Å². The van der Waals surface area contributed by atoms with E-state index in [4.69, 9.17) is 28.9 Å². The maximum atomic E-state index is 14.3. The number of likely N-dealkylation sites (tertiary alicyclic amines) is 2. The molecule has 7 atom stereocenters. The van der Waals surface area contributed by atoms with Crippen molar-refractivity contribution in [1.82, 2.24) is 40.2 Å². The van der Waals surface area contributed by atoms with E-state index in [1.54, 1.807) is 17.4 Å². The van der Waals surface area contributed by atoms with Crippen molar-refractivity contribution < 1.29 is 33.8 Å². The predicted octanol–water partition coefficient (Wildman–Crippen LogP) is 9.42. The largest absolute Gasteiger partial charge is 0.508 e. The number of benzene rings is 3. The topological polar surface area (TPSA) is 192 Å². The number of carbonyl (C=O) groups is 2. The highest BCUT2D eigenvalue weighted by Gasteiger charge is 2.44. The Bertz CT molecular complexity index is 3290. The number of aromatic nitrogens is 5. The van der Waals surface area contributed by atoms with Gasteiger partial charge in [-0.25, -0.2) is 4.98 Å². The molecule has 16 nitrogen and oxygen atoms in total. The monoisotopic (exact) mass is 1050 g/mol. The molecule has 0 radical (unpaired) electrons. The number of phenolic OH excluding ortho intramolecular Hbond substituents is 1. The van der Waals surface area contributed by atoms with Gasteiger partial charge in [-0.3, -0.25) is 19.5 Å². The fourth-order valence-corrected chi connectivity index (χ4v) is 13.8. The van der Waals surface area contributed by atoms with Gasteiger partial charge in [0.25, 0.3) is 5.88 Å². The summed E-state index contributed by atoms with van der Waals surface area (Å²) in [5, 5.41) is 32.0. The van der Waals surface area contributed by atoms with Crippen LogP contribution in [-0.2, 0) is 9.59 Å². The number of β-amino-alcohol motifs (C(OH)–C–C–N with tert-alkyl or cyclic N) is 1. The summed E-state index contributed by atoms with van der Waals surface area (Å²) in [6.45, 7) is 15.4. The van der Waals surface area contributed by atoms with E-state index in [1.807, 2.05) is 75.8 Å². The van der Waals surface area contributed by atoms with Gasteiger partial charge < -0.3 is 39.3 Å². The summed E-state index contributed by atoms with van der Waals surface area (Å²) in [6.07, 6.45) is 6.93. The zero-order valence-electron chi connectivity index (χ0n) is 43.9. The van der Waals surface area contributed by atoms with Gasteiger partial charge in [-0.05, 0) is 127 Å². The quantitative estimate of drug-likeness (QED) is 0.0880. The normalized spacial score (nSPS) is 22.3. The summed E-state index contributed by atoms with van der Waals surface area (Å²) in [7, 11) is 0. The zero-order chi connectivity index (χ0) is 52.4. The standard InChI is InChI=1S/C59H67N9O7S/c1-32(2)50(58(72)68-29-43(70)24-47(68)57(71)62-34(4)39-11-13-40(14-12-39)55-35(5)61-31-76-55)48-25-49(65-75-48)74-30-36-15-17-66(18-16-36)19-20-73-59-63-54-46(56(64-59)67-27-37-9-10-38(21-37)28-67)26-60-53-45-23-42(69)22-41-7-6-8-44(52(41)45)33(3)51(53)54/h6-8,11-14,22-23,25-26,31-34,36-38,43,47,50,69-70H,9-10,15-21,24,27-30H2,1-5H3,(H,62,71)/t33?,34-,37?,38?,43+,47-,50+/m0/s1. The lowest BCUT2D eigenvalue weighted by Crippen LogP contribution is -2.48. The Morgan fingerprint density at radius 1 is 0.934 bits per heavy atom. The molecule has 0 spiro atoms. The van der Waals surface area contributed by atoms with Crippen molar-refractivity contribution in [3.8, 4) is 39.3 Å². The van der Waals surface area contributed by atoms with Crippen LogP contribution in [0.1, 0.15) is 112 Å². The third kappa shape index (κ3) is 9.63. The number of pyridine rings is 1. The summed E-state index contributed by atoms with van der Waals surface area (Å²) in [5.74, 6) is 1.96. The van der Waals surface area contributed by atoms with Crippen LogP contribution in [-0.4, -0.2) is 122 Å². The molecule has 7 aromatic rings. The lowest BCUT2D eigenvalue weighted by molar-refractivity contribution is -0.141. The van der Waals surface area contributed by atoms with Gasteiger partial charge in [-0.2, -0.15) is 9.97 Å². The number of carbonyl (C=O) groups excluding carboxylic acids is 2. The number of aromatic hydroxyl groups is 1. The molecule has 3 aromatic carbocycles. The highest BCUT2D eigenvalue weighted by atomic mass is 32.1. The number of amides is 2. The molecule has 2 bridgehead atoms. The van der Waals surface area contributed by atoms with Gasteiger partial charge in [0, 0.05) is 61.9 Å². The average molecular weight is 1050 g/mol. The fraction of sp³-hybridized carbons (Fsp3) is 0.475. The first-order valence-electron chi connectivity index (χ1n) is 27.3. The minimum atomic E-state index is -0.832. The number of thiazole rings is 1.